The summed E-state index contributed by atoms with van der Waals surface area (Å²) in [5, 5.41) is 0. The van der Waals surface area contributed by atoms with Crippen molar-refractivity contribution in [2.24, 2.45) is 23.5 Å². The second kappa shape index (κ2) is 5.18. The fraction of sp³-hybridized carbons (Fsp3) is 0.900. The molecule has 0 aliphatic rings. The molecule has 0 aromatic heterocycles. The van der Waals surface area contributed by atoms with E-state index in [0.29, 0.717) is 11.8 Å². The molecule has 0 bridgehead atoms. The van der Waals surface area contributed by atoms with Gasteiger partial charge in [-0.15, -0.1) is 0 Å². The van der Waals surface area contributed by atoms with Crippen molar-refractivity contribution >= 4 is 5.91 Å². The zero-order chi connectivity index (χ0) is 9.72. The number of carbonyl (C=O) groups excluding carboxylic acids is 1. The van der Waals surface area contributed by atoms with Gasteiger partial charge in [0.2, 0.25) is 5.91 Å². The summed E-state index contributed by atoms with van der Waals surface area (Å²) >= 11 is 0. The summed E-state index contributed by atoms with van der Waals surface area (Å²) in [7, 11) is 0. The Morgan fingerprint density at radius 2 is 1.42 bits per heavy atom. The minimum atomic E-state index is -0.141. The van der Waals surface area contributed by atoms with Gasteiger partial charge in [-0.3, -0.25) is 4.79 Å². The molecule has 0 aliphatic carbocycles. The Morgan fingerprint density at radius 3 is 1.58 bits per heavy atom. The van der Waals surface area contributed by atoms with Gasteiger partial charge in [0.05, 0.1) is 0 Å². The molecule has 1 amide bonds. The number of nitrogens with two attached hydrogens (primary N) is 1. The van der Waals surface area contributed by atoms with E-state index in [2.05, 4.69) is 27.7 Å². The minimum absolute atomic E-state index is 0.0741. The van der Waals surface area contributed by atoms with Gasteiger partial charge in [-0.05, 0) is 24.7 Å². The Balaban J connectivity index is 3.96. The highest BCUT2D eigenvalue weighted by Gasteiger charge is 2.17. The van der Waals surface area contributed by atoms with E-state index < -0.39 is 0 Å². The third kappa shape index (κ3) is 5.16. The van der Waals surface area contributed by atoms with Gasteiger partial charge >= 0.3 is 0 Å². The lowest BCUT2D eigenvalue weighted by molar-refractivity contribution is -0.122. The summed E-state index contributed by atoms with van der Waals surface area (Å²) in [4.78, 5) is 11.0. The van der Waals surface area contributed by atoms with Gasteiger partial charge in [-0.25, -0.2) is 0 Å². The lowest BCUT2D eigenvalue weighted by Gasteiger charge is -2.17. The number of amides is 1. The summed E-state index contributed by atoms with van der Waals surface area (Å²) in [5.41, 5.74) is 5.29. The van der Waals surface area contributed by atoms with Crippen LogP contribution in [-0.2, 0) is 4.79 Å². The molecular formula is C10H21NO. The van der Waals surface area contributed by atoms with Crippen LogP contribution < -0.4 is 5.73 Å². The van der Waals surface area contributed by atoms with Crippen LogP contribution in [0.15, 0.2) is 0 Å². The van der Waals surface area contributed by atoms with Gasteiger partial charge in [0.15, 0.2) is 0 Å². The predicted octanol–water partition coefficient (Wildman–Crippen LogP) is 2.18. The molecule has 0 spiro atoms. The van der Waals surface area contributed by atoms with Crippen LogP contribution in [0.2, 0.25) is 0 Å². The van der Waals surface area contributed by atoms with Crippen LogP contribution in [0.5, 0.6) is 0 Å². The van der Waals surface area contributed by atoms with Crippen molar-refractivity contribution in [3.05, 3.63) is 0 Å². The maximum Gasteiger partial charge on any atom is 0.220 e. The zero-order valence-electron chi connectivity index (χ0n) is 8.63. The van der Waals surface area contributed by atoms with Gasteiger partial charge in [-0.1, -0.05) is 27.7 Å². The Hall–Kier alpha value is -0.530. The van der Waals surface area contributed by atoms with E-state index in [4.69, 9.17) is 5.73 Å². The molecule has 0 rings (SSSR count). The van der Waals surface area contributed by atoms with Crippen LogP contribution in [0.4, 0.5) is 0 Å². The molecule has 2 nitrogen and oxygen atoms in total. The molecule has 0 aromatic carbocycles. The van der Waals surface area contributed by atoms with Crippen LogP contribution in [0.3, 0.4) is 0 Å². The topological polar surface area (TPSA) is 43.1 Å². The standard InChI is InChI=1S/C10H21NO/c1-7(2)5-9(10(11)12)6-8(3)4/h7-9H,5-6H2,1-4H3,(H2,11,12). The first-order chi connectivity index (χ1) is 5.43. The fourth-order valence-electron chi connectivity index (χ4n) is 1.47. The van der Waals surface area contributed by atoms with Gasteiger partial charge in [0.25, 0.3) is 0 Å². The predicted molar refractivity (Wildman–Crippen MR) is 51.6 cm³/mol. The van der Waals surface area contributed by atoms with Crippen molar-refractivity contribution in [1.82, 2.24) is 0 Å². The molecular weight excluding hydrogens is 150 g/mol. The van der Waals surface area contributed by atoms with E-state index in [1.54, 1.807) is 0 Å². The summed E-state index contributed by atoms with van der Waals surface area (Å²) in [6, 6.07) is 0. The second-order valence-electron chi connectivity index (χ2n) is 4.36. The lowest BCUT2D eigenvalue weighted by atomic mass is 9.89. The minimum Gasteiger partial charge on any atom is -0.369 e. The molecule has 0 fully saturated rings. The van der Waals surface area contributed by atoms with Crippen molar-refractivity contribution in [2.75, 3.05) is 0 Å². The molecule has 0 saturated heterocycles. The van der Waals surface area contributed by atoms with Crippen molar-refractivity contribution in [1.29, 1.82) is 0 Å². The highest BCUT2D eigenvalue weighted by Crippen LogP contribution is 2.19. The molecule has 0 aromatic rings. The maximum atomic E-state index is 11.0. The first-order valence-corrected chi connectivity index (χ1v) is 4.72. The number of primary amides is 1. The number of carbonyl (C=O) groups is 1. The van der Waals surface area contributed by atoms with Crippen molar-refractivity contribution < 1.29 is 4.79 Å². The summed E-state index contributed by atoms with van der Waals surface area (Å²) in [5.74, 6) is 1.05. The molecule has 2 heteroatoms. The van der Waals surface area contributed by atoms with Crippen molar-refractivity contribution in [3.63, 3.8) is 0 Å². The fourth-order valence-corrected chi connectivity index (χ4v) is 1.47. The quantitative estimate of drug-likeness (QED) is 0.677. The van der Waals surface area contributed by atoms with E-state index in [1.807, 2.05) is 0 Å². The smallest absolute Gasteiger partial charge is 0.220 e. The van der Waals surface area contributed by atoms with E-state index in [0.717, 1.165) is 12.8 Å². The summed E-state index contributed by atoms with van der Waals surface area (Å²) < 4.78 is 0. The Bertz CT molecular complexity index is 131. The first kappa shape index (κ1) is 11.5. The third-order valence-corrected chi connectivity index (χ3v) is 1.91. The van der Waals surface area contributed by atoms with E-state index in [1.165, 1.54) is 0 Å². The number of rotatable bonds is 5. The van der Waals surface area contributed by atoms with Crippen LogP contribution in [0.25, 0.3) is 0 Å². The third-order valence-electron chi connectivity index (χ3n) is 1.91. The number of hydrogen-bond acceptors (Lipinski definition) is 1. The normalized spacial score (nSPS) is 11.6. The van der Waals surface area contributed by atoms with E-state index >= 15 is 0 Å². The van der Waals surface area contributed by atoms with Crippen LogP contribution in [0, 0.1) is 17.8 Å². The van der Waals surface area contributed by atoms with Gasteiger partial charge in [0, 0.05) is 5.92 Å². The maximum absolute atomic E-state index is 11.0. The molecule has 2 N–H and O–H groups in total. The monoisotopic (exact) mass is 171 g/mol. The average molecular weight is 171 g/mol. The molecule has 0 radical (unpaired) electrons. The molecule has 0 unspecified atom stereocenters. The average Bonchev–Trinajstić information content (AvgIpc) is 1.83. The summed E-state index contributed by atoms with van der Waals surface area (Å²) in [6.45, 7) is 8.49. The molecule has 12 heavy (non-hydrogen) atoms. The molecule has 0 heterocycles. The Labute approximate surface area is 75.5 Å². The molecule has 0 saturated carbocycles. The highest BCUT2D eigenvalue weighted by molar-refractivity contribution is 5.76. The van der Waals surface area contributed by atoms with Crippen molar-refractivity contribution in [2.45, 2.75) is 40.5 Å². The zero-order valence-corrected chi connectivity index (χ0v) is 8.63. The SMILES string of the molecule is CC(C)CC(CC(C)C)C(N)=O. The van der Waals surface area contributed by atoms with Gasteiger partial charge in [0.1, 0.15) is 0 Å². The Morgan fingerprint density at radius 1 is 1.08 bits per heavy atom. The highest BCUT2D eigenvalue weighted by atomic mass is 16.1. The van der Waals surface area contributed by atoms with Crippen LogP contribution in [-0.4, -0.2) is 5.91 Å². The van der Waals surface area contributed by atoms with Gasteiger partial charge in [-0.2, -0.15) is 0 Å². The largest absolute Gasteiger partial charge is 0.369 e. The van der Waals surface area contributed by atoms with Crippen molar-refractivity contribution in [3.8, 4) is 0 Å². The first-order valence-electron chi connectivity index (χ1n) is 4.72. The van der Waals surface area contributed by atoms with Crippen LogP contribution >= 0.6 is 0 Å². The Kier molecular flexibility index (Phi) is 4.95. The second-order valence-corrected chi connectivity index (χ2v) is 4.36. The van der Waals surface area contributed by atoms with E-state index in [9.17, 15) is 4.79 Å². The van der Waals surface area contributed by atoms with Crippen LogP contribution in [0.1, 0.15) is 40.5 Å². The van der Waals surface area contributed by atoms with E-state index in [-0.39, 0.29) is 11.8 Å². The lowest BCUT2D eigenvalue weighted by Crippen LogP contribution is -2.25. The summed E-state index contributed by atoms with van der Waals surface area (Å²) in [6.07, 6.45) is 1.85. The molecule has 0 aliphatic heterocycles. The number of hydrogen-bond donors (Lipinski definition) is 1. The molecule has 0 atom stereocenters. The van der Waals surface area contributed by atoms with Gasteiger partial charge < -0.3 is 5.73 Å². The molecule has 72 valence electrons.